The molecule has 0 radical (unpaired) electrons. The molecule has 0 heterocycles. The van der Waals surface area contributed by atoms with Crippen molar-refractivity contribution in [3.63, 3.8) is 0 Å². The Morgan fingerprint density at radius 2 is 0.825 bits per heavy atom. The maximum absolute atomic E-state index is 9.88. The standard InChI is InChI=1S/2C12H19NO3.H2O4S.3H2O/c2*1-12(2,3)13-7-11(16)8-4-9(14)6-10(15)5-8;1-5(2,3)4;;;/h2*4-6,11,13-16H,7H2,1-3H3;(H2,1,2,3,4);3*1H2/t2*11-;;;;/m00..../s1. The average molecular weight is 603 g/mol. The molecule has 0 saturated carbocycles. The first-order valence-corrected chi connectivity index (χ1v) is 12.7. The topological polar surface area (TPSA) is 329 Å². The molecule has 0 aliphatic carbocycles. The number of aliphatic hydroxyl groups excluding tert-OH is 2. The van der Waals surface area contributed by atoms with Crippen molar-refractivity contribution in [3.05, 3.63) is 47.5 Å². The van der Waals surface area contributed by atoms with Gasteiger partial charge in [-0.15, -0.1) is 0 Å². The van der Waals surface area contributed by atoms with Gasteiger partial charge in [0, 0.05) is 22.5 Å². The molecule has 0 unspecified atom stereocenters. The molecular weight excluding hydrogens is 556 g/mol. The van der Waals surface area contributed by atoms with Crippen LogP contribution in [0.5, 0.6) is 23.0 Å². The zero-order chi connectivity index (χ0) is 29.2. The summed E-state index contributed by atoms with van der Waals surface area (Å²) in [4.78, 5) is 0. The van der Waals surface area contributed by atoms with Gasteiger partial charge in [0.25, 0.3) is 0 Å². The summed E-state index contributed by atoms with van der Waals surface area (Å²) in [6.07, 6.45) is -1.39. The first kappa shape index (κ1) is 44.3. The van der Waals surface area contributed by atoms with Gasteiger partial charge in [0.05, 0.1) is 11.1 Å². The van der Waals surface area contributed by atoms with Crippen molar-refractivity contribution in [2.45, 2.75) is 64.8 Å². The number of rotatable bonds is 6. The van der Waals surface area contributed by atoms with Gasteiger partial charge < -0.3 is 66.8 Å². The number of nitrogens with two attached hydrogens (primary N) is 2. The van der Waals surface area contributed by atoms with E-state index in [2.05, 4.69) is 41.5 Å². The Morgan fingerprint density at radius 3 is 1.00 bits per heavy atom. The van der Waals surface area contributed by atoms with Gasteiger partial charge >= 0.3 is 0 Å². The Hall–Kier alpha value is -2.77. The molecule has 0 amide bonds. The first-order chi connectivity index (χ1) is 16.6. The Balaban J connectivity index is -0.000000261. The van der Waals surface area contributed by atoms with E-state index in [9.17, 15) is 30.6 Å². The highest BCUT2D eigenvalue weighted by atomic mass is 32.3. The molecule has 16 heteroatoms. The van der Waals surface area contributed by atoms with Gasteiger partial charge in [-0.25, -0.2) is 0 Å². The van der Waals surface area contributed by atoms with Crippen molar-refractivity contribution in [1.29, 1.82) is 0 Å². The van der Waals surface area contributed by atoms with E-state index in [1.165, 1.54) is 36.4 Å². The second kappa shape index (κ2) is 18.6. The van der Waals surface area contributed by atoms with Crippen LogP contribution in [0.4, 0.5) is 0 Å². The summed E-state index contributed by atoms with van der Waals surface area (Å²) in [6, 6.07) is 8.32. The van der Waals surface area contributed by atoms with Crippen molar-refractivity contribution in [3.8, 4) is 23.0 Å². The van der Waals surface area contributed by atoms with E-state index in [1.54, 1.807) is 0 Å². The smallest absolute Gasteiger partial charge is 0.128 e. The zero-order valence-electron chi connectivity index (χ0n) is 23.4. The molecule has 236 valence electrons. The second-order valence-electron chi connectivity index (χ2n) is 10.6. The highest BCUT2D eigenvalue weighted by molar-refractivity contribution is 7.79. The minimum absolute atomic E-state index is 0. The van der Waals surface area contributed by atoms with E-state index in [4.69, 9.17) is 17.5 Å². The summed E-state index contributed by atoms with van der Waals surface area (Å²) in [7, 11) is -5.17. The molecule has 16 N–H and O–H groups in total. The third-order valence-corrected chi connectivity index (χ3v) is 4.53. The second-order valence-corrected chi connectivity index (χ2v) is 11.4. The molecule has 0 spiro atoms. The van der Waals surface area contributed by atoms with Crippen molar-refractivity contribution in [2.75, 3.05) is 13.1 Å². The number of quaternary nitrogens is 2. The number of hydrogen-bond donors (Lipinski definition) is 8. The van der Waals surface area contributed by atoms with Gasteiger partial charge in [-0.3, -0.25) is 8.42 Å². The Bertz CT molecular complexity index is 965. The lowest BCUT2D eigenvalue weighted by Crippen LogP contribution is -2.95. The van der Waals surface area contributed by atoms with Crippen molar-refractivity contribution >= 4 is 10.4 Å². The number of phenols is 4. The van der Waals surface area contributed by atoms with Crippen LogP contribution in [0, 0.1) is 0 Å². The van der Waals surface area contributed by atoms with E-state index in [0.29, 0.717) is 24.2 Å². The minimum atomic E-state index is -5.17. The molecular formula is C24H46N2O13S. The number of phenolic OH excluding ortho intramolecular Hbond substituents is 4. The summed E-state index contributed by atoms with van der Waals surface area (Å²) < 4.78 is 34.1. The normalized spacial score (nSPS) is 12.4. The summed E-state index contributed by atoms with van der Waals surface area (Å²) in [5, 5.41) is 60.9. The summed E-state index contributed by atoms with van der Waals surface area (Å²) in [5.74, 6) is -0.149. The summed E-state index contributed by atoms with van der Waals surface area (Å²) >= 11 is 0. The quantitative estimate of drug-likeness (QED) is 0.124. The third-order valence-electron chi connectivity index (χ3n) is 4.53. The molecule has 2 aromatic carbocycles. The molecule has 0 bridgehead atoms. The van der Waals surface area contributed by atoms with Crippen LogP contribution in [0.3, 0.4) is 0 Å². The fraction of sp³-hybridized carbons (Fsp3) is 0.500. The lowest BCUT2D eigenvalue weighted by Gasteiger charge is -2.19. The van der Waals surface area contributed by atoms with Crippen LogP contribution < -0.4 is 10.6 Å². The van der Waals surface area contributed by atoms with Crippen molar-refractivity contribution < 1.29 is 75.2 Å². The highest BCUT2D eigenvalue weighted by Crippen LogP contribution is 2.25. The fourth-order valence-corrected chi connectivity index (χ4v) is 2.82. The molecule has 0 aliphatic rings. The number of aromatic hydroxyl groups is 4. The van der Waals surface area contributed by atoms with Crippen molar-refractivity contribution in [2.24, 2.45) is 0 Å². The van der Waals surface area contributed by atoms with E-state index >= 15 is 0 Å². The predicted octanol–water partition coefficient (Wildman–Crippen LogP) is -2.83. The molecule has 2 aromatic rings. The zero-order valence-corrected chi connectivity index (χ0v) is 24.2. The van der Waals surface area contributed by atoms with E-state index in [0.717, 1.165) is 0 Å². The van der Waals surface area contributed by atoms with Crippen molar-refractivity contribution in [1.82, 2.24) is 0 Å². The molecule has 2 rings (SSSR count). The van der Waals surface area contributed by atoms with Crippen LogP contribution in [0.2, 0.25) is 0 Å². The Labute approximate surface area is 234 Å². The van der Waals surface area contributed by atoms with Crippen LogP contribution in [0.1, 0.15) is 64.9 Å². The number of hydrogen-bond acceptors (Lipinski definition) is 10. The van der Waals surface area contributed by atoms with Gasteiger partial charge in [-0.2, -0.15) is 0 Å². The Kier molecular flexibility index (Phi) is 20.5. The Morgan fingerprint density at radius 1 is 0.625 bits per heavy atom. The molecule has 0 saturated heterocycles. The first-order valence-electron chi connectivity index (χ1n) is 11.3. The van der Waals surface area contributed by atoms with Gasteiger partial charge in [-0.05, 0) is 76.9 Å². The molecule has 0 fully saturated rings. The molecule has 15 nitrogen and oxygen atoms in total. The van der Waals surface area contributed by atoms with E-state index in [1.807, 2.05) is 10.6 Å². The van der Waals surface area contributed by atoms with Gasteiger partial charge in [-0.1, -0.05) is 0 Å². The summed E-state index contributed by atoms with van der Waals surface area (Å²) in [6.45, 7) is 13.3. The molecule has 0 aromatic heterocycles. The fourth-order valence-electron chi connectivity index (χ4n) is 2.82. The molecule has 0 aliphatic heterocycles. The van der Waals surface area contributed by atoms with Gasteiger partial charge in [0.15, 0.2) is 0 Å². The highest BCUT2D eigenvalue weighted by Gasteiger charge is 2.19. The largest absolute Gasteiger partial charge is 0.759 e. The van der Waals surface area contributed by atoms with Crippen LogP contribution in [-0.4, -0.2) is 88.8 Å². The van der Waals surface area contributed by atoms with E-state index in [-0.39, 0.29) is 50.5 Å². The summed E-state index contributed by atoms with van der Waals surface area (Å²) in [5.41, 5.74) is 1.13. The molecule has 40 heavy (non-hydrogen) atoms. The maximum atomic E-state index is 9.88. The predicted molar refractivity (Wildman–Crippen MR) is 144 cm³/mol. The lowest BCUT2D eigenvalue weighted by atomic mass is 10.1. The SMILES string of the molecule is CC(C)(C)[NH2+]C[C@H](O)c1cc(O)cc(O)c1.CC(C)(C)[NH2+]C[C@H](O)c1cc(O)cc(O)c1.O.O.O.O=S(=O)([O-])[O-]. The van der Waals surface area contributed by atoms with Crippen LogP contribution >= 0.6 is 0 Å². The van der Waals surface area contributed by atoms with E-state index < -0.39 is 22.6 Å². The third kappa shape index (κ3) is 24.3. The lowest BCUT2D eigenvalue weighted by molar-refractivity contribution is -0.723. The average Bonchev–Trinajstić information content (AvgIpc) is 2.67. The van der Waals surface area contributed by atoms with Gasteiger partial charge in [0.1, 0.15) is 48.3 Å². The van der Waals surface area contributed by atoms with Gasteiger partial charge in [0.2, 0.25) is 0 Å². The minimum Gasteiger partial charge on any atom is -0.759 e. The van der Waals surface area contributed by atoms with Crippen LogP contribution in [0.25, 0.3) is 0 Å². The maximum Gasteiger partial charge on any atom is 0.128 e. The van der Waals surface area contributed by atoms with Crippen LogP contribution in [-0.2, 0) is 10.4 Å². The molecule has 2 atom stereocenters. The monoisotopic (exact) mass is 602 g/mol. The number of benzene rings is 2. The van der Waals surface area contributed by atoms with Crippen LogP contribution in [0.15, 0.2) is 36.4 Å². The number of aliphatic hydroxyl groups is 2.